The van der Waals surface area contributed by atoms with Crippen LogP contribution in [0, 0.1) is 0 Å². The van der Waals surface area contributed by atoms with Crippen LogP contribution >= 0.6 is 0 Å². The first-order valence-electron chi connectivity index (χ1n) is 9.40. The molecule has 0 spiro atoms. The van der Waals surface area contributed by atoms with E-state index in [9.17, 15) is 9.59 Å². The lowest BCUT2D eigenvalue weighted by atomic mass is 10.1. The summed E-state index contributed by atoms with van der Waals surface area (Å²) in [5, 5.41) is 0. The predicted octanol–water partition coefficient (Wildman–Crippen LogP) is 1.48. The number of carbonyl (C=O) groups is 2. The van der Waals surface area contributed by atoms with Crippen LogP contribution in [0.4, 0.5) is 0 Å². The molecule has 0 saturated heterocycles. The van der Waals surface area contributed by atoms with Crippen LogP contribution in [0.3, 0.4) is 0 Å². The summed E-state index contributed by atoms with van der Waals surface area (Å²) in [6.45, 7) is 1.81. The van der Waals surface area contributed by atoms with Gasteiger partial charge in [0.2, 0.25) is 0 Å². The van der Waals surface area contributed by atoms with Crippen molar-refractivity contribution in [2.75, 3.05) is 33.8 Å². The Labute approximate surface area is 167 Å². The molecule has 9 heteroatoms. The predicted molar refractivity (Wildman–Crippen MR) is 104 cm³/mol. The number of ether oxygens (including phenoxy) is 1. The molecule has 1 aliphatic rings. The second kappa shape index (κ2) is 7.67. The third kappa shape index (κ3) is 3.49. The topological polar surface area (TPSA) is 93.7 Å². The second-order valence-corrected chi connectivity index (χ2v) is 7.23. The molecular formula is C20H23N5O4. The largest absolute Gasteiger partial charge is 0.458 e. The maximum atomic E-state index is 12.9. The van der Waals surface area contributed by atoms with Crippen LogP contribution in [0.25, 0.3) is 11.0 Å². The summed E-state index contributed by atoms with van der Waals surface area (Å²) in [5.74, 6) is 0.00751. The van der Waals surface area contributed by atoms with E-state index in [4.69, 9.17) is 9.15 Å². The molecule has 29 heavy (non-hydrogen) atoms. The molecular weight excluding hydrogens is 374 g/mol. The van der Waals surface area contributed by atoms with Gasteiger partial charge < -0.3 is 23.5 Å². The number of aromatic nitrogens is 3. The van der Waals surface area contributed by atoms with Gasteiger partial charge in [-0.15, -0.1) is 0 Å². The molecule has 1 aliphatic heterocycles. The molecule has 0 unspecified atom stereocenters. The van der Waals surface area contributed by atoms with Gasteiger partial charge in [0.05, 0.1) is 43.1 Å². The standard InChI is InChI=1S/C20H23N5O4/c1-23(19(26)15-8-21-9-16-17(15)25(3)12-22-16)5-6-24(2)20(27)18-14-4-7-28-10-13(14)11-29-18/h8-9,11-12H,4-7,10H2,1-3H3. The van der Waals surface area contributed by atoms with Crippen molar-refractivity contribution in [1.29, 1.82) is 0 Å². The molecule has 2 amide bonds. The monoisotopic (exact) mass is 397 g/mol. The summed E-state index contributed by atoms with van der Waals surface area (Å²) in [7, 11) is 5.26. The molecule has 4 rings (SSSR count). The van der Waals surface area contributed by atoms with Crippen molar-refractivity contribution in [3.05, 3.63) is 47.4 Å². The van der Waals surface area contributed by atoms with E-state index >= 15 is 0 Å². The SMILES string of the molecule is CN(CCN(C)C(=O)c1cncc2ncn(C)c12)C(=O)c1occ2c1CCOC2. The summed E-state index contributed by atoms with van der Waals surface area (Å²) in [6.07, 6.45) is 7.10. The third-order valence-corrected chi connectivity index (χ3v) is 5.24. The Morgan fingerprint density at radius 3 is 2.72 bits per heavy atom. The zero-order valence-corrected chi connectivity index (χ0v) is 16.7. The fraction of sp³-hybridized carbons (Fsp3) is 0.400. The Morgan fingerprint density at radius 1 is 1.17 bits per heavy atom. The van der Waals surface area contributed by atoms with Crippen LogP contribution < -0.4 is 0 Å². The Kier molecular flexibility index (Phi) is 5.06. The number of rotatable bonds is 5. The average Bonchev–Trinajstić information content (AvgIpc) is 3.34. The minimum atomic E-state index is -0.190. The van der Waals surface area contributed by atoms with E-state index in [2.05, 4.69) is 9.97 Å². The van der Waals surface area contributed by atoms with Crippen LogP contribution in [-0.2, 0) is 24.8 Å². The van der Waals surface area contributed by atoms with Gasteiger partial charge in [0.15, 0.2) is 5.76 Å². The number of furan rings is 1. The average molecular weight is 397 g/mol. The maximum Gasteiger partial charge on any atom is 0.289 e. The zero-order chi connectivity index (χ0) is 20.5. The number of fused-ring (bicyclic) bond motifs is 2. The van der Waals surface area contributed by atoms with E-state index in [0.717, 1.165) is 16.6 Å². The van der Waals surface area contributed by atoms with Crippen LogP contribution in [0.5, 0.6) is 0 Å². The lowest BCUT2D eigenvalue weighted by Crippen LogP contribution is -2.37. The molecule has 0 N–H and O–H groups in total. The van der Waals surface area contributed by atoms with Crippen molar-refractivity contribution in [2.24, 2.45) is 7.05 Å². The first-order chi connectivity index (χ1) is 14.0. The Balaban J connectivity index is 1.43. The van der Waals surface area contributed by atoms with Gasteiger partial charge in [0, 0.05) is 58.0 Å². The summed E-state index contributed by atoms with van der Waals surface area (Å²) >= 11 is 0. The Hall–Kier alpha value is -3.20. The van der Waals surface area contributed by atoms with E-state index in [1.165, 1.54) is 0 Å². The molecule has 0 aromatic carbocycles. The number of hydrogen-bond donors (Lipinski definition) is 0. The van der Waals surface area contributed by atoms with Gasteiger partial charge in [-0.25, -0.2) is 4.98 Å². The Bertz CT molecular complexity index is 1070. The molecule has 4 heterocycles. The van der Waals surface area contributed by atoms with Crippen molar-refractivity contribution in [2.45, 2.75) is 13.0 Å². The lowest BCUT2D eigenvalue weighted by Gasteiger charge is -2.22. The van der Waals surface area contributed by atoms with Gasteiger partial charge >= 0.3 is 0 Å². The number of nitrogens with zero attached hydrogens (tertiary/aromatic N) is 5. The quantitative estimate of drug-likeness (QED) is 0.647. The van der Waals surface area contributed by atoms with Gasteiger partial charge in [-0.1, -0.05) is 0 Å². The van der Waals surface area contributed by atoms with Crippen molar-refractivity contribution in [3.8, 4) is 0 Å². The number of aryl methyl sites for hydroxylation is 1. The lowest BCUT2D eigenvalue weighted by molar-refractivity contribution is 0.0699. The van der Waals surface area contributed by atoms with E-state index in [-0.39, 0.29) is 11.8 Å². The van der Waals surface area contributed by atoms with Crippen LogP contribution in [-0.4, -0.2) is 69.9 Å². The van der Waals surface area contributed by atoms with Crippen molar-refractivity contribution < 1.29 is 18.7 Å². The van der Waals surface area contributed by atoms with Crippen LogP contribution in [0.15, 0.2) is 29.4 Å². The number of imidazole rings is 1. The minimum Gasteiger partial charge on any atom is -0.458 e. The van der Waals surface area contributed by atoms with Gasteiger partial charge in [-0.3, -0.25) is 14.6 Å². The molecule has 0 saturated carbocycles. The number of likely N-dealkylation sites (N-methyl/N-ethyl adjacent to an activating group) is 2. The van der Waals surface area contributed by atoms with Crippen molar-refractivity contribution in [1.82, 2.24) is 24.3 Å². The molecule has 0 aliphatic carbocycles. The van der Waals surface area contributed by atoms with Gasteiger partial charge in [-0.05, 0) is 0 Å². The summed E-state index contributed by atoms with van der Waals surface area (Å²) < 4.78 is 12.7. The second-order valence-electron chi connectivity index (χ2n) is 7.23. The van der Waals surface area contributed by atoms with Gasteiger partial charge in [-0.2, -0.15) is 0 Å². The van der Waals surface area contributed by atoms with Crippen molar-refractivity contribution in [3.63, 3.8) is 0 Å². The number of amides is 2. The molecule has 0 radical (unpaired) electrons. The zero-order valence-electron chi connectivity index (χ0n) is 16.7. The number of pyridine rings is 1. The summed E-state index contributed by atoms with van der Waals surface area (Å²) in [6, 6.07) is 0. The molecule has 9 nitrogen and oxygen atoms in total. The molecule has 0 atom stereocenters. The number of carbonyl (C=O) groups excluding carboxylic acids is 2. The van der Waals surface area contributed by atoms with Gasteiger partial charge in [0.1, 0.15) is 5.52 Å². The highest BCUT2D eigenvalue weighted by molar-refractivity contribution is 6.04. The highest BCUT2D eigenvalue weighted by atomic mass is 16.5. The molecule has 0 fully saturated rings. The molecule has 0 bridgehead atoms. The van der Waals surface area contributed by atoms with Gasteiger partial charge in [0.25, 0.3) is 11.8 Å². The first kappa shape index (κ1) is 19.1. The summed E-state index contributed by atoms with van der Waals surface area (Å²) in [4.78, 5) is 37.2. The van der Waals surface area contributed by atoms with Crippen LogP contribution in [0.2, 0.25) is 0 Å². The first-order valence-corrected chi connectivity index (χ1v) is 9.40. The highest BCUT2D eigenvalue weighted by Gasteiger charge is 2.25. The van der Waals surface area contributed by atoms with Crippen molar-refractivity contribution >= 4 is 22.8 Å². The molecule has 152 valence electrons. The Morgan fingerprint density at radius 2 is 1.93 bits per heavy atom. The van der Waals surface area contributed by atoms with E-state index < -0.39 is 0 Å². The highest BCUT2D eigenvalue weighted by Crippen LogP contribution is 2.24. The smallest absolute Gasteiger partial charge is 0.289 e. The van der Waals surface area contributed by atoms with E-state index in [1.54, 1.807) is 53.4 Å². The molecule has 3 aromatic rings. The van der Waals surface area contributed by atoms with E-state index in [0.29, 0.717) is 49.6 Å². The van der Waals surface area contributed by atoms with E-state index in [1.807, 2.05) is 7.05 Å². The normalized spacial score (nSPS) is 13.3. The maximum absolute atomic E-state index is 12.9. The fourth-order valence-electron chi connectivity index (χ4n) is 3.50. The summed E-state index contributed by atoms with van der Waals surface area (Å²) in [5.41, 5.74) is 3.75. The van der Waals surface area contributed by atoms with Crippen LogP contribution in [0.1, 0.15) is 32.0 Å². The third-order valence-electron chi connectivity index (χ3n) is 5.24. The minimum absolute atomic E-state index is 0.167. The fourth-order valence-corrected chi connectivity index (χ4v) is 3.50. The number of hydrogen-bond acceptors (Lipinski definition) is 6. The molecule has 3 aromatic heterocycles.